The normalized spacial score (nSPS) is 31.4. The van der Waals surface area contributed by atoms with E-state index in [0.29, 0.717) is 28.4 Å². The average Bonchev–Trinajstić information content (AvgIpc) is 3.44. The third kappa shape index (κ3) is 12.7. The Kier molecular flexibility index (Phi) is 17.2. The van der Waals surface area contributed by atoms with Gasteiger partial charge in [0.1, 0.15) is 0 Å². The van der Waals surface area contributed by atoms with E-state index >= 15 is 0 Å². The van der Waals surface area contributed by atoms with Gasteiger partial charge in [-0.05, 0) is 157 Å². The Hall–Kier alpha value is -0.170. The van der Waals surface area contributed by atoms with Crippen LogP contribution >= 0.6 is 21.6 Å². The Morgan fingerprint density at radius 1 is 0.887 bits per heavy atom. The highest BCUT2D eigenvalue weighted by atomic mass is 33.1. The third-order valence-electron chi connectivity index (χ3n) is 15.5. The molecule has 4 N–H and O–H groups in total. The van der Waals surface area contributed by atoms with Crippen molar-refractivity contribution in [2.75, 3.05) is 18.8 Å². The van der Waals surface area contributed by atoms with Gasteiger partial charge in [-0.2, -0.15) is 0 Å². The van der Waals surface area contributed by atoms with Crippen molar-refractivity contribution in [3.63, 3.8) is 0 Å². The van der Waals surface area contributed by atoms with Gasteiger partial charge in [0.25, 0.3) is 0 Å². The zero-order chi connectivity index (χ0) is 39.0. The van der Waals surface area contributed by atoms with Gasteiger partial charge in [-0.1, -0.05) is 113 Å². The lowest BCUT2D eigenvalue weighted by Gasteiger charge is -2.58. The van der Waals surface area contributed by atoms with E-state index in [1.165, 1.54) is 96.3 Å². The predicted octanol–water partition coefficient (Wildman–Crippen LogP) is 12.8. The Bertz CT molecular complexity index is 1160. The number of rotatable bonds is 22. The highest BCUT2D eigenvalue weighted by Crippen LogP contribution is 2.67. The number of nitrogens with zero attached hydrogens (tertiary/aromatic N) is 1. The fourth-order valence-electron chi connectivity index (χ4n) is 12.0. The fourth-order valence-corrected chi connectivity index (χ4v) is 14.6. The SMILES string of the molecule is CCC(CCC(C)[C@H]1CC[C@H]2[C@@H]3CC=C4C[C@@H](SSCCC(=O)N(CCCCCCCC(C)(C)N)CCC(C)(C)N)CC[C@]4(C)[C@H]3CC[C@]12C)C(C)C. The number of unbranched alkanes of at least 4 members (excludes halogenated alkanes) is 4. The lowest BCUT2D eigenvalue weighted by molar-refractivity contribution is -0.131. The van der Waals surface area contributed by atoms with E-state index in [2.05, 4.69) is 91.0 Å². The van der Waals surface area contributed by atoms with Crippen LogP contribution in [0.15, 0.2) is 11.6 Å². The monoisotopic (exact) mass is 774 g/mol. The van der Waals surface area contributed by atoms with Gasteiger partial charge >= 0.3 is 0 Å². The molecule has 0 saturated heterocycles. The number of hydrogen-bond acceptors (Lipinski definition) is 5. The van der Waals surface area contributed by atoms with E-state index < -0.39 is 0 Å². The van der Waals surface area contributed by atoms with Crippen LogP contribution in [0.1, 0.15) is 191 Å². The summed E-state index contributed by atoms with van der Waals surface area (Å²) in [5.74, 6) is 7.47. The first-order valence-corrected chi connectivity index (χ1v) is 25.1. The molecule has 2 unspecified atom stereocenters. The molecule has 3 saturated carbocycles. The van der Waals surface area contributed by atoms with Crippen molar-refractivity contribution in [2.45, 2.75) is 208 Å². The molecule has 0 bridgehead atoms. The largest absolute Gasteiger partial charge is 0.343 e. The molecule has 0 aromatic carbocycles. The Morgan fingerprint density at radius 2 is 1.58 bits per heavy atom. The lowest BCUT2D eigenvalue weighted by Crippen LogP contribution is -2.50. The van der Waals surface area contributed by atoms with Gasteiger partial charge in [-0.15, -0.1) is 0 Å². The molecule has 4 aliphatic carbocycles. The Labute approximate surface area is 337 Å². The van der Waals surface area contributed by atoms with Gasteiger partial charge in [-0.3, -0.25) is 4.79 Å². The van der Waals surface area contributed by atoms with E-state index in [1.807, 2.05) is 10.8 Å². The minimum atomic E-state index is -0.248. The summed E-state index contributed by atoms with van der Waals surface area (Å²) in [6.07, 6.45) is 26.6. The summed E-state index contributed by atoms with van der Waals surface area (Å²) in [6.45, 7) is 25.3. The second-order valence-electron chi connectivity index (χ2n) is 21.1. The first kappa shape index (κ1) is 45.5. The molecular weight excluding hydrogens is 687 g/mol. The predicted molar refractivity (Wildman–Crippen MR) is 236 cm³/mol. The molecule has 308 valence electrons. The summed E-state index contributed by atoms with van der Waals surface area (Å²) < 4.78 is 0. The minimum Gasteiger partial charge on any atom is -0.343 e. The molecule has 4 nitrogen and oxygen atoms in total. The molecule has 6 heteroatoms. The molecular formula is C47H87N3OS2. The van der Waals surface area contributed by atoms with Gasteiger partial charge in [0.2, 0.25) is 5.91 Å². The van der Waals surface area contributed by atoms with Crippen LogP contribution in [0, 0.1) is 52.3 Å². The number of carbonyl (C=O) groups excluding carboxylic acids is 1. The summed E-state index contributed by atoms with van der Waals surface area (Å²) in [5, 5.41) is 0.688. The van der Waals surface area contributed by atoms with Gasteiger partial charge in [0, 0.05) is 41.6 Å². The number of allylic oxidation sites excluding steroid dienone is 2. The van der Waals surface area contributed by atoms with Crippen molar-refractivity contribution in [1.29, 1.82) is 0 Å². The van der Waals surface area contributed by atoms with Gasteiger partial charge < -0.3 is 16.4 Å². The van der Waals surface area contributed by atoms with Crippen LogP contribution in [-0.4, -0.2) is 46.0 Å². The molecule has 0 aliphatic heterocycles. The summed E-state index contributed by atoms with van der Waals surface area (Å²) in [4.78, 5) is 15.6. The highest BCUT2D eigenvalue weighted by molar-refractivity contribution is 8.76. The van der Waals surface area contributed by atoms with Crippen molar-refractivity contribution in [3.8, 4) is 0 Å². The molecule has 4 rings (SSSR count). The minimum absolute atomic E-state index is 0.0647. The summed E-state index contributed by atoms with van der Waals surface area (Å²) >= 11 is 0. The van der Waals surface area contributed by atoms with Gasteiger partial charge in [-0.25, -0.2) is 0 Å². The quantitative estimate of drug-likeness (QED) is 0.0651. The molecule has 0 aromatic rings. The average molecular weight is 774 g/mol. The molecule has 53 heavy (non-hydrogen) atoms. The molecule has 0 spiro atoms. The van der Waals surface area contributed by atoms with Crippen molar-refractivity contribution in [2.24, 2.45) is 63.7 Å². The maximum absolute atomic E-state index is 13.4. The van der Waals surface area contributed by atoms with Crippen LogP contribution in [-0.2, 0) is 4.79 Å². The van der Waals surface area contributed by atoms with Crippen LogP contribution in [0.2, 0.25) is 0 Å². The first-order chi connectivity index (χ1) is 24.9. The molecule has 0 radical (unpaired) electrons. The van der Waals surface area contributed by atoms with Crippen molar-refractivity contribution in [3.05, 3.63) is 11.6 Å². The van der Waals surface area contributed by atoms with Crippen LogP contribution in [0.4, 0.5) is 0 Å². The summed E-state index contributed by atoms with van der Waals surface area (Å²) in [5.41, 5.74) is 14.9. The fraction of sp³-hybridized carbons (Fsp3) is 0.936. The van der Waals surface area contributed by atoms with Crippen LogP contribution in [0.3, 0.4) is 0 Å². The van der Waals surface area contributed by atoms with Crippen molar-refractivity contribution in [1.82, 2.24) is 4.90 Å². The van der Waals surface area contributed by atoms with Crippen LogP contribution in [0.25, 0.3) is 0 Å². The second-order valence-corrected chi connectivity index (χ2v) is 23.9. The van der Waals surface area contributed by atoms with Crippen molar-refractivity contribution < 1.29 is 4.79 Å². The first-order valence-electron chi connectivity index (χ1n) is 22.7. The number of nitrogens with two attached hydrogens (primary N) is 2. The maximum Gasteiger partial charge on any atom is 0.223 e. The molecule has 9 atom stereocenters. The third-order valence-corrected chi connectivity index (χ3v) is 18.4. The van der Waals surface area contributed by atoms with E-state index in [1.54, 1.807) is 5.57 Å². The highest BCUT2D eigenvalue weighted by Gasteiger charge is 2.59. The Balaban J connectivity index is 1.23. The van der Waals surface area contributed by atoms with Gasteiger partial charge in [0.05, 0.1) is 0 Å². The van der Waals surface area contributed by atoms with Crippen LogP contribution < -0.4 is 11.5 Å². The molecule has 3 fully saturated rings. The summed E-state index contributed by atoms with van der Waals surface area (Å²) in [7, 11) is 4.05. The van der Waals surface area contributed by atoms with E-state index in [-0.39, 0.29) is 11.1 Å². The molecule has 4 aliphatic rings. The molecule has 0 aromatic heterocycles. The topological polar surface area (TPSA) is 72.3 Å². The smallest absolute Gasteiger partial charge is 0.223 e. The standard InChI is InChI=1S/C47H87N3OS2/c1-11-36(34(2)3)18-17-35(4)40-21-22-41-39-20-19-37-33-38(23-27-46(37,9)42(39)24-28-47(40,41)10)53-52-32-25-43(51)50(31-29-45(7,8)49)30-16-14-12-13-15-26-44(5,6)48/h19,34-36,38-42H,11-18,20-33,48-49H2,1-10H3/t35?,36?,38-,39-,40+,41-,42-,46-,47+/m0/s1. The van der Waals surface area contributed by atoms with E-state index in [0.717, 1.165) is 79.5 Å². The zero-order valence-corrected chi connectivity index (χ0v) is 38.2. The van der Waals surface area contributed by atoms with Crippen LogP contribution in [0.5, 0.6) is 0 Å². The number of fused-ring (bicyclic) bond motifs is 5. The Morgan fingerprint density at radius 3 is 2.26 bits per heavy atom. The van der Waals surface area contributed by atoms with E-state index in [9.17, 15) is 4.79 Å². The van der Waals surface area contributed by atoms with Gasteiger partial charge in [0.15, 0.2) is 0 Å². The molecule has 1 amide bonds. The summed E-state index contributed by atoms with van der Waals surface area (Å²) in [6, 6.07) is 0. The number of hydrogen-bond donors (Lipinski definition) is 2. The maximum atomic E-state index is 13.4. The second kappa shape index (κ2) is 20.0. The number of amides is 1. The zero-order valence-electron chi connectivity index (χ0n) is 36.6. The number of carbonyl (C=O) groups is 1. The van der Waals surface area contributed by atoms with Crippen molar-refractivity contribution >= 4 is 27.5 Å². The molecule has 0 heterocycles. The lowest BCUT2D eigenvalue weighted by atomic mass is 9.47. The van der Waals surface area contributed by atoms with E-state index in [4.69, 9.17) is 11.5 Å².